The largest absolute Gasteiger partial charge is 0.507 e. The normalized spacial score (nSPS) is 16.5. The van der Waals surface area contributed by atoms with E-state index in [9.17, 15) is 14.7 Å². The molecule has 1 aromatic heterocycles. The molecular formula is C28H20BrCl2N3O4S2. The van der Waals surface area contributed by atoms with Crippen molar-refractivity contribution in [1.29, 1.82) is 0 Å². The number of hydrogen-bond acceptors (Lipinski definition) is 8. The molecule has 1 N–H and O–H groups in total. The van der Waals surface area contributed by atoms with Gasteiger partial charge in [-0.1, -0.05) is 80.4 Å². The van der Waals surface area contributed by atoms with Gasteiger partial charge in [-0.2, -0.15) is 0 Å². The maximum atomic E-state index is 13.4. The van der Waals surface area contributed by atoms with Gasteiger partial charge in [0.1, 0.15) is 11.5 Å². The third-order valence-corrected chi connectivity index (χ3v) is 9.26. The SMILES string of the molecule is CCOc1ccc(/C(O)=C2/C(=O)C(=O)N(c3nnc(SCc4ccc(Cl)cc4Cl)s3)C2c2ccc(Br)cc2)cc1. The van der Waals surface area contributed by atoms with E-state index in [2.05, 4.69) is 26.1 Å². The van der Waals surface area contributed by atoms with Gasteiger partial charge in [0.2, 0.25) is 5.13 Å². The van der Waals surface area contributed by atoms with E-state index in [1.165, 1.54) is 28.0 Å². The van der Waals surface area contributed by atoms with Crippen molar-refractivity contribution in [3.05, 3.63) is 104 Å². The van der Waals surface area contributed by atoms with Crippen LogP contribution in [0.1, 0.15) is 29.7 Å². The molecule has 1 unspecified atom stereocenters. The van der Waals surface area contributed by atoms with Gasteiger partial charge in [-0.05, 0) is 66.6 Å². The average Bonchev–Trinajstić information content (AvgIpc) is 3.51. The molecule has 0 bridgehead atoms. The van der Waals surface area contributed by atoms with Crippen molar-refractivity contribution in [3.63, 3.8) is 0 Å². The molecule has 0 spiro atoms. The second kappa shape index (κ2) is 12.3. The topological polar surface area (TPSA) is 92.6 Å². The van der Waals surface area contributed by atoms with Crippen molar-refractivity contribution in [2.75, 3.05) is 11.5 Å². The Bertz CT molecular complexity index is 1610. The summed E-state index contributed by atoms with van der Waals surface area (Å²) >= 11 is 18.3. The molecule has 0 saturated carbocycles. The molecule has 7 nitrogen and oxygen atoms in total. The zero-order valence-electron chi connectivity index (χ0n) is 20.8. The standard InChI is InChI=1S/C28H20BrCl2N3O4S2/c1-2-38-20-11-6-16(7-12-20)24(35)22-23(15-3-8-18(29)9-4-15)34(26(37)25(22)36)27-32-33-28(40-27)39-14-17-5-10-19(30)13-21(17)31/h3-13,23,35H,2,14H2,1H3/b24-22-. The van der Waals surface area contributed by atoms with Crippen molar-refractivity contribution in [2.24, 2.45) is 0 Å². The van der Waals surface area contributed by atoms with Crippen LogP contribution < -0.4 is 9.64 Å². The van der Waals surface area contributed by atoms with Crippen molar-refractivity contribution in [2.45, 2.75) is 23.1 Å². The lowest BCUT2D eigenvalue weighted by Crippen LogP contribution is -2.29. The molecule has 1 fully saturated rings. The highest BCUT2D eigenvalue weighted by Crippen LogP contribution is 2.44. The molecular weight excluding hydrogens is 657 g/mol. The summed E-state index contributed by atoms with van der Waals surface area (Å²) in [5.74, 6) is -0.751. The van der Waals surface area contributed by atoms with Crippen LogP contribution >= 0.6 is 62.2 Å². The van der Waals surface area contributed by atoms with Crippen LogP contribution in [0.15, 0.2) is 81.1 Å². The Labute approximate surface area is 256 Å². The van der Waals surface area contributed by atoms with Crippen LogP contribution in [0.2, 0.25) is 10.0 Å². The van der Waals surface area contributed by atoms with Crippen LogP contribution in [-0.2, 0) is 15.3 Å². The summed E-state index contributed by atoms with van der Waals surface area (Å²) in [6, 6.07) is 18.3. The average molecular weight is 677 g/mol. The number of aliphatic hydroxyl groups is 1. The molecule has 1 saturated heterocycles. The highest BCUT2D eigenvalue weighted by Gasteiger charge is 2.48. The second-order valence-corrected chi connectivity index (χ2v) is 12.5. The summed E-state index contributed by atoms with van der Waals surface area (Å²) in [6.45, 7) is 2.37. The Morgan fingerprint density at radius 2 is 1.80 bits per heavy atom. The van der Waals surface area contributed by atoms with E-state index in [4.69, 9.17) is 27.9 Å². The van der Waals surface area contributed by atoms with E-state index in [1.54, 1.807) is 48.5 Å². The number of ketones is 1. The number of thioether (sulfide) groups is 1. The number of anilines is 1. The number of halogens is 3. The van der Waals surface area contributed by atoms with Gasteiger partial charge in [-0.25, -0.2) is 0 Å². The first-order valence-electron chi connectivity index (χ1n) is 12.0. The van der Waals surface area contributed by atoms with Gasteiger partial charge in [-0.15, -0.1) is 10.2 Å². The quantitative estimate of drug-likeness (QED) is 0.0666. The molecule has 5 rings (SSSR count). The molecule has 204 valence electrons. The third kappa shape index (κ3) is 5.91. The lowest BCUT2D eigenvalue weighted by Gasteiger charge is -2.22. The molecule has 40 heavy (non-hydrogen) atoms. The van der Waals surface area contributed by atoms with E-state index in [0.717, 1.165) is 10.0 Å². The predicted molar refractivity (Wildman–Crippen MR) is 162 cm³/mol. The Morgan fingerprint density at radius 1 is 1.07 bits per heavy atom. The van der Waals surface area contributed by atoms with E-state index < -0.39 is 17.7 Å². The van der Waals surface area contributed by atoms with Gasteiger partial charge in [0.15, 0.2) is 4.34 Å². The second-order valence-electron chi connectivity index (χ2n) is 8.55. The predicted octanol–water partition coefficient (Wildman–Crippen LogP) is 7.92. The highest BCUT2D eigenvalue weighted by atomic mass is 79.9. The zero-order valence-corrected chi connectivity index (χ0v) is 25.5. The van der Waals surface area contributed by atoms with Gasteiger partial charge in [0.25, 0.3) is 5.78 Å². The number of nitrogens with zero attached hydrogens (tertiary/aromatic N) is 3. The Balaban J connectivity index is 1.51. The molecule has 1 aliphatic rings. The number of benzene rings is 3. The highest BCUT2D eigenvalue weighted by molar-refractivity contribution is 9.10. The monoisotopic (exact) mass is 675 g/mol. The molecule has 1 aliphatic heterocycles. The number of carbonyl (C=O) groups is 2. The lowest BCUT2D eigenvalue weighted by atomic mass is 9.95. The van der Waals surface area contributed by atoms with Crippen molar-refractivity contribution >= 4 is 84.8 Å². The number of aromatic nitrogens is 2. The van der Waals surface area contributed by atoms with Gasteiger partial charge < -0.3 is 9.84 Å². The Kier molecular flexibility index (Phi) is 8.82. The molecule has 2 heterocycles. The summed E-state index contributed by atoms with van der Waals surface area (Å²) in [5.41, 5.74) is 1.86. The van der Waals surface area contributed by atoms with Crippen LogP contribution in [0.3, 0.4) is 0 Å². The first-order chi connectivity index (χ1) is 19.3. The van der Waals surface area contributed by atoms with E-state index in [-0.39, 0.29) is 16.5 Å². The zero-order chi connectivity index (χ0) is 28.4. The van der Waals surface area contributed by atoms with E-state index in [0.29, 0.717) is 43.6 Å². The summed E-state index contributed by atoms with van der Waals surface area (Å²) in [4.78, 5) is 28.1. The fourth-order valence-electron chi connectivity index (χ4n) is 4.16. The number of amides is 1. The molecule has 3 aromatic carbocycles. The summed E-state index contributed by atoms with van der Waals surface area (Å²) in [7, 11) is 0. The Morgan fingerprint density at radius 3 is 2.48 bits per heavy atom. The molecule has 0 aliphatic carbocycles. The van der Waals surface area contributed by atoms with Crippen LogP contribution in [0.25, 0.3) is 5.76 Å². The summed E-state index contributed by atoms with van der Waals surface area (Å²) in [5, 5.41) is 21.1. The minimum atomic E-state index is -0.906. The number of aliphatic hydroxyl groups excluding tert-OH is 1. The van der Waals surface area contributed by atoms with Gasteiger partial charge in [0, 0.05) is 25.8 Å². The van der Waals surface area contributed by atoms with E-state index >= 15 is 0 Å². The minimum absolute atomic E-state index is 0.0335. The van der Waals surface area contributed by atoms with Crippen LogP contribution in [0.4, 0.5) is 5.13 Å². The summed E-state index contributed by atoms with van der Waals surface area (Å²) in [6.07, 6.45) is 0. The number of Topliss-reactive ketones (excluding diaryl/α,β-unsaturated/α-hetero) is 1. The summed E-state index contributed by atoms with van der Waals surface area (Å²) < 4.78 is 6.90. The lowest BCUT2D eigenvalue weighted by molar-refractivity contribution is -0.132. The molecule has 12 heteroatoms. The number of carbonyl (C=O) groups excluding carboxylic acids is 2. The first-order valence-corrected chi connectivity index (χ1v) is 15.3. The maximum absolute atomic E-state index is 13.4. The smallest absolute Gasteiger partial charge is 0.301 e. The molecule has 4 aromatic rings. The van der Waals surface area contributed by atoms with Crippen molar-refractivity contribution < 1.29 is 19.4 Å². The third-order valence-electron chi connectivity index (χ3n) is 6.04. The van der Waals surface area contributed by atoms with Gasteiger partial charge in [-0.3, -0.25) is 14.5 Å². The minimum Gasteiger partial charge on any atom is -0.507 e. The van der Waals surface area contributed by atoms with Crippen molar-refractivity contribution in [3.8, 4) is 5.75 Å². The molecule has 1 atom stereocenters. The van der Waals surface area contributed by atoms with Gasteiger partial charge in [0.05, 0.1) is 18.2 Å². The van der Waals surface area contributed by atoms with Crippen LogP contribution in [0.5, 0.6) is 5.75 Å². The number of rotatable bonds is 8. The number of ether oxygens (including phenoxy) is 1. The fraction of sp³-hybridized carbons (Fsp3) is 0.143. The first kappa shape index (κ1) is 28.6. The molecule has 0 radical (unpaired) electrons. The van der Waals surface area contributed by atoms with E-state index in [1.807, 2.05) is 25.1 Å². The maximum Gasteiger partial charge on any atom is 0.301 e. The Hall–Kier alpha value is -2.89. The number of hydrogen-bond donors (Lipinski definition) is 1. The van der Waals surface area contributed by atoms with Gasteiger partial charge >= 0.3 is 5.91 Å². The van der Waals surface area contributed by atoms with Crippen molar-refractivity contribution in [1.82, 2.24) is 10.2 Å². The molecule has 1 amide bonds. The van der Waals surface area contributed by atoms with Crippen LogP contribution in [0, 0.1) is 0 Å². The fourth-order valence-corrected chi connectivity index (χ4v) is 6.85. The van der Waals surface area contributed by atoms with Crippen LogP contribution in [-0.4, -0.2) is 33.6 Å².